The highest BCUT2D eigenvalue weighted by atomic mass is 35.5. The fourth-order valence-corrected chi connectivity index (χ4v) is 4.90. The number of fused-ring (bicyclic) bond motifs is 1. The summed E-state index contributed by atoms with van der Waals surface area (Å²) in [6, 6.07) is 14.5. The Morgan fingerprint density at radius 2 is 1.94 bits per heavy atom. The molecule has 3 aromatic rings. The number of carbonyl (C=O) groups excluding carboxylic acids is 2. The zero-order chi connectivity index (χ0) is 22.2. The van der Waals surface area contributed by atoms with Crippen molar-refractivity contribution in [2.24, 2.45) is 0 Å². The summed E-state index contributed by atoms with van der Waals surface area (Å²) in [5.74, 6) is 0.493. The van der Waals surface area contributed by atoms with Crippen molar-refractivity contribution in [1.29, 1.82) is 0 Å². The molecule has 2 aromatic carbocycles. The maximum Gasteiger partial charge on any atom is 0.501 e. The standard InChI is InChI=1S/C23H18ClN4O3S/c1-14-6-2-4-8-16(14)21-25-19(31-26-21)13-27-18-10-11-32-20(18)22(29)28(23(27)30)12-15-7-3-5-9-17(15)24/h2-11,20H,12-13H2,1H3/q+1. The average Bonchev–Trinajstić information content (AvgIpc) is 3.46. The lowest BCUT2D eigenvalue weighted by Crippen LogP contribution is -2.54. The maximum absolute atomic E-state index is 13.4. The van der Waals surface area contributed by atoms with Gasteiger partial charge in [0, 0.05) is 16.1 Å². The smallest absolute Gasteiger partial charge is 0.335 e. The van der Waals surface area contributed by atoms with Gasteiger partial charge in [-0.1, -0.05) is 59.2 Å². The summed E-state index contributed by atoms with van der Waals surface area (Å²) in [6.45, 7) is 2.13. The van der Waals surface area contributed by atoms with Gasteiger partial charge in [0.25, 0.3) is 5.89 Å². The van der Waals surface area contributed by atoms with Crippen LogP contribution in [0.3, 0.4) is 0 Å². The summed E-state index contributed by atoms with van der Waals surface area (Å²) in [4.78, 5) is 32.1. The molecule has 2 aliphatic rings. The molecule has 1 aromatic heterocycles. The molecule has 1 atom stereocenters. The van der Waals surface area contributed by atoms with Crippen molar-refractivity contribution < 1.29 is 18.7 Å². The van der Waals surface area contributed by atoms with E-state index in [9.17, 15) is 9.59 Å². The lowest BCUT2D eigenvalue weighted by atomic mass is 10.1. The van der Waals surface area contributed by atoms with E-state index in [1.807, 2.05) is 48.7 Å². The number of hydrogen-bond donors (Lipinski definition) is 0. The lowest BCUT2D eigenvalue weighted by Gasteiger charge is -2.24. The van der Waals surface area contributed by atoms with Gasteiger partial charge in [-0.3, -0.25) is 0 Å². The van der Waals surface area contributed by atoms with E-state index in [-0.39, 0.29) is 19.0 Å². The van der Waals surface area contributed by atoms with Gasteiger partial charge in [-0.15, -0.1) is 11.8 Å². The van der Waals surface area contributed by atoms with Crippen molar-refractivity contribution in [3.63, 3.8) is 0 Å². The highest BCUT2D eigenvalue weighted by Gasteiger charge is 2.49. The number of urea groups is 1. The minimum absolute atomic E-state index is 0.0702. The molecule has 0 radical (unpaired) electrons. The maximum atomic E-state index is 13.4. The Bertz CT molecular complexity index is 1300. The third kappa shape index (κ3) is 3.65. The third-order valence-electron chi connectivity index (χ3n) is 5.42. The molecular formula is C23H18ClN4O3S+. The Morgan fingerprint density at radius 3 is 2.75 bits per heavy atom. The van der Waals surface area contributed by atoms with Gasteiger partial charge in [0.2, 0.25) is 5.82 Å². The van der Waals surface area contributed by atoms with Crippen LogP contribution in [0.2, 0.25) is 5.02 Å². The number of nitrogens with zero attached hydrogens (tertiary/aromatic N) is 4. The molecule has 0 spiro atoms. The first-order valence-electron chi connectivity index (χ1n) is 9.96. The van der Waals surface area contributed by atoms with Crippen LogP contribution in [0.4, 0.5) is 4.79 Å². The Hall–Kier alpha value is -3.23. The molecule has 0 aliphatic carbocycles. The topological polar surface area (TPSA) is 79.3 Å². The zero-order valence-corrected chi connectivity index (χ0v) is 18.6. The van der Waals surface area contributed by atoms with E-state index in [1.54, 1.807) is 18.2 Å². The number of thioether (sulfide) groups is 1. The lowest BCUT2D eigenvalue weighted by molar-refractivity contribution is -0.458. The summed E-state index contributed by atoms with van der Waals surface area (Å²) < 4.78 is 6.97. The van der Waals surface area contributed by atoms with Crippen LogP contribution < -0.4 is 0 Å². The van der Waals surface area contributed by atoms with E-state index in [4.69, 9.17) is 16.1 Å². The van der Waals surface area contributed by atoms with Crippen molar-refractivity contribution in [3.05, 3.63) is 82.1 Å². The number of carbonyl (C=O) groups is 2. The summed E-state index contributed by atoms with van der Waals surface area (Å²) >= 11 is 7.64. The van der Waals surface area contributed by atoms with Crippen LogP contribution in [0.25, 0.3) is 11.4 Å². The van der Waals surface area contributed by atoms with Crippen LogP contribution in [-0.4, -0.2) is 42.5 Å². The molecule has 3 heterocycles. The fourth-order valence-electron chi connectivity index (χ4n) is 3.74. The van der Waals surface area contributed by atoms with Crippen molar-refractivity contribution >= 4 is 41.0 Å². The number of hydrogen-bond acceptors (Lipinski definition) is 6. The first kappa shape index (κ1) is 20.7. The number of aromatic nitrogens is 2. The monoisotopic (exact) mass is 465 g/mol. The molecule has 5 rings (SSSR count). The summed E-state index contributed by atoms with van der Waals surface area (Å²) in [5, 5.41) is 5.92. The minimum Gasteiger partial charge on any atom is -0.335 e. The third-order valence-corrected chi connectivity index (χ3v) is 6.80. The Labute approximate surface area is 193 Å². The van der Waals surface area contributed by atoms with Gasteiger partial charge in [-0.05, 0) is 30.0 Å². The van der Waals surface area contributed by atoms with Gasteiger partial charge >= 0.3 is 11.9 Å². The van der Waals surface area contributed by atoms with Gasteiger partial charge in [-0.25, -0.2) is 4.79 Å². The first-order valence-corrected chi connectivity index (χ1v) is 11.3. The molecule has 9 heteroatoms. The van der Waals surface area contributed by atoms with E-state index >= 15 is 0 Å². The summed E-state index contributed by atoms with van der Waals surface area (Å²) in [6.07, 6.45) is 1.79. The highest BCUT2D eigenvalue weighted by Crippen LogP contribution is 2.30. The second-order valence-corrected chi connectivity index (χ2v) is 8.88. The van der Waals surface area contributed by atoms with Crippen LogP contribution in [0.5, 0.6) is 0 Å². The van der Waals surface area contributed by atoms with E-state index < -0.39 is 11.3 Å². The molecule has 2 aliphatic heterocycles. The molecule has 3 amide bonds. The molecule has 0 bridgehead atoms. The highest BCUT2D eigenvalue weighted by molar-refractivity contribution is 8.04. The molecular weight excluding hydrogens is 448 g/mol. The van der Waals surface area contributed by atoms with E-state index in [2.05, 4.69) is 10.1 Å². The number of imide groups is 1. The van der Waals surface area contributed by atoms with E-state index in [1.165, 1.54) is 21.2 Å². The summed E-state index contributed by atoms with van der Waals surface area (Å²) in [7, 11) is 0. The van der Waals surface area contributed by atoms with Crippen molar-refractivity contribution in [2.75, 3.05) is 0 Å². The quantitative estimate of drug-likeness (QED) is 0.518. The number of amides is 3. The number of allylic oxidation sites excluding steroid dienone is 1. The molecule has 1 unspecified atom stereocenters. The SMILES string of the molecule is Cc1ccccc1-c1noc(C[N+]2=C3C=CSC3C(=O)N(Cc3ccccc3Cl)C2=O)n1. The van der Waals surface area contributed by atoms with Crippen LogP contribution in [-0.2, 0) is 17.9 Å². The molecule has 0 fully saturated rings. The normalized spacial score (nSPS) is 17.9. The van der Waals surface area contributed by atoms with E-state index in [0.717, 1.165) is 11.1 Å². The number of benzene rings is 2. The van der Waals surface area contributed by atoms with Crippen LogP contribution in [0.1, 0.15) is 17.0 Å². The van der Waals surface area contributed by atoms with Crippen LogP contribution in [0.15, 0.2) is 64.5 Å². The minimum atomic E-state index is -0.492. The molecule has 160 valence electrons. The Balaban J connectivity index is 1.46. The largest absolute Gasteiger partial charge is 0.501 e. The molecule has 0 saturated carbocycles. The molecule has 0 N–H and O–H groups in total. The Kier molecular flexibility index (Phi) is 5.40. The predicted octanol–water partition coefficient (Wildman–Crippen LogP) is 4.44. The van der Waals surface area contributed by atoms with Crippen LogP contribution in [0, 0.1) is 6.92 Å². The van der Waals surface area contributed by atoms with Crippen LogP contribution >= 0.6 is 23.4 Å². The molecule has 7 nitrogen and oxygen atoms in total. The summed E-state index contributed by atoms with van der Waals surface area (Å²) in [5.41, 5.74) is 3.21. The number of halogens is 1. The van der Waals surface area contributed by atoms with Gasteiger partial charge < -0.3 is 4.52 Å². The Morgan fingerprint density at radius 1 is 1.16 bits per heavy atom. The fraction of sp³-hybridized carbons (Fsp3) is 0.174. The van der Waals surface area contributed by atoms with Gasteiger partial charge in [-0.2, -0.15) is 19.3 Å². The number of rotatable bonds is 5. The predicted molar refractivity (Wildman–Crippen MR) is 121 cm³/mol. The molecule has 0 saturated heterocycles. The first-order chi connectivity index (χ1) is 15.5. The molecule has 32 heavy (non-hydrogen) atoms. The van der Waals surface area contributed by atoms with Gasteiger partial charge in [0.15, 0.2) is 11.8 Å². The van der Waals surface area contributed by atoms with Crippen molar-refractivity contribution in [2.45, 2.75) is 25.3 Å². The van der Waals surface area contributed by atoms with Gasteiger partial charge in [0.1, 0.15) is 12.3 Å². The van der Waals surface area contributed by atoms with E-state index in [0.29, 0.717) is 28.0 Å². The average molecular weight is 466 g/mol. The van der Waals surface area contributed by atoms with Crippen molar-refractivity contribution in [1.82, 2.24) is 15.0 Å². The number of aryl methyl sites for hydroxylation is 1. The van der Waals surface area contributed by atoms with Crippen molar-refractivity contribution in [3.8, 4) is 11.4 Å². The second kappa shape index (κ2) is 8.37. The zero-order valence-electron chi connectivity index (χ0n) is 17.1. The second-order valence-electron chi connectivity index (χ2n) is 7.45. The van der Waals surface area contributed by atoms with Gasteiger partial charge in [0.05, 0.1) is 0 Å².